The quantitative estimate of drug-likeness (QED) is 0.758. The van der Waals surface area contributed by atoms with E-state index in [9.17, 15) is 0 Å². The Kier molecular flexibility index (Phi) is 7.20. The highest BCUT2D eigenvalue weighted by molar-refractivity contribution is 4.94. The molecule has 1 fully saturated rings. The van der Waals surface area contributed by atoms with Gasteiger partial charge in [-0.2, -0.15) is 0 Å². The highest BCUT2D eigenvalue weighted by atomic mass is 16.5. The fourth-order valence-electron chi connectivity index (χ4n) is 2.87. The van der Waals surface area contributed by atoms with E-state index in [4.69, 9.17) is 4.74 Å². The van der Waals surface area contributed by atoms with Crippen molar-refractivity contribution in [2.45, 2.75) is 64.5 Å². The zero-order valence-electron chi connectivity index (χ0n) is 12.8. The van der Waals surface area contributed by atoms with Gasteiger partial charge in [0.05, 0.1) is 6.61 Å². The Balaban J connectivity index is 2.64. The standard InChI is InChI=1S/C15H32N2O/c1-5-10-16-14(13-18-4)15(2,3)17-11-8-6-7-9-12-17/h14,16H,5-13H2,1-4H3. The van der Waals surface area contributed by atoms with E-state index >= 15 is 0 Å². The number of rotatable bonds is 7. The Morgan fingerprint density at radius 1 is 1.17 bits per heavy atom. The van der Waals surface area contributed by atoms with Crippen molar-refractivity contribution in [1.29, 1.82) is 0 Å². The average molecular weight is 256 g/mol. The summed E-state index contributed by atoms with van der Waals surface area (Å²) in [5.41, 5.74) is 0.176. The lowest BCUT2D eigenvalue weighted by Gasteiger charge is -2.44. The topological polar surface area (TPSA) is 24.5 Å². The van der Waals surface area contributed by atoms with Crippen LogP contribution in [0, 0.1) is 0 Å². The molecule has 1 N–H and O–H groups in total. The van der Waals surface area contributed by atoms with Gasteiger partial charge in [-0.25, -0.2) is 0 Å². The molecule has 1 aliphatic heterocycles. The highest BCUT2D eigenvalue weighted by Crippen LogP contribution is 2.23. The van der Waals surface area contributed by atoms with Gasteiger partial charge in [0.15, 0.2) is 0 Å². The third-order valence-corrected chi connectivity index (χ3v) is 4.25. The highest BCUT2D eigenvalue weighted by Gasteiger charge is 2.35. The van der Waals surface area contributed by atoms with Gasteiger partial charge in [0.1, 0.15) is 0 Å². The number of hydrogen-bond donors (Lipinski definition) is 1. The molecule has 0 saturated carbocycles. The zero-order chi connectivity index (χ0) is 13.4. The lowest BCUT2D eigenvalue weighted by Crippen LogP contribution is -2.59. The van der Waals surface area contributed by atoms with Crippen LogP contribution in [0.15, 0.2) is 0 Å². The van der Waals surface area contributed by atoms with Crippen LogP contribution >= 0.6 is 0 Å². The van der Waals surface area contributed by atoms with Gasteiger partial charge in [-0.15, -0.1) is 0 Å². The van der Waals surface area contributed by atoms with Gasteiger partial charge in [-0.1, -0.05) is 19.8 Å². The van der Waals surface area contributed by atoms with Crippen molar-refractivity contribution in [1.82, 2.24) is 10.2 Å². The molecule has 1 unspecified atom stereocenters. The molecule has 0 bridgehead atoms. The Bertz CT molecular complexity index is 211. The van der Waals surface area contributed by atoms with Crippen molar-refractivity contribution >= 4 is 0 Å². The van der Waals surface area contributed by atoms with Crippen LogP contribution in [0.5, 0.6) is 0 Å². The first-order chi connectivity index (χ1) is 8.62. The summed E-state index contributed by atoms with van der Waals surface area (Å²) in [5, 5.41) is 3.66. The van der Waals surface area contributed by atoms with Crippen LogP contribution in [-0.2, 0) is 4.74 Å². The normalized spacial score (nSPS) is 20.7. The molecule has 0 aromatic carbocycles. The van der Waals surface area contributed by atoms with Crippen LogP contribution in [0.4, 0.5) is 0 Å². The van der Waals surface area contributed by atoms with Crippen LogP contribution in [0.25, 0.3) is 0 Å². The number of hydrogen-bond acceptors (Lipinski definition) is 3. The summed E-state index contributed by atoms with van der Waals surface area (Å²) in [4.78, 5) is 2.66. The summed E-state index contributed by atoms with van der Waals surface area (Å²) in [6, 6.07) is 0.417. The Hall–Kier alpha value is -0.120. The third kappa shape index (κ3) is 4.52. The SMILES string of the molecule is CCCNC(COC)C(C)(C)N1CCCCCC1. The molecule has 1 heterocycles. The minimum atomic E-state index is 0.176. The van der Waals surface area contributed by atoms with Crippen LogP contribution in [0.2, 0.25) is 0 Å². The van der Waals surface area contributed by atoms with E-state index in [0.717, 1.165) is 13.2 Å². The third-order valence-electron chi connectivity index (χ3n) is 4.25. The fourth-order valence-corrected chi connectivity index (χ4v) is 2.87. The maximum Gasteiger partial charge on any atom is 0.0633 e. The van der Waals surface area contributed by atoms with E-state index in [1.54, 1.807) is 7.11 Å². The van der Waals surface area contributed by atoms with Crippen LogP contribution in [0.3, 0.4) is 0 Å². The van der Waals surface area contributed by atoms with Crippen LogP contribution in [0.1, 0.15) is 52.9 Å². The summed E-state index contributed by atoms with van der Waals surface area (Å²) < 4.78 is 5.42. The fraction of sp³-hybridized carbons (Fsp3) is 1.00. The monoisotopic (exact) mass is 256 g/mol. The summed E-state index contributed by atoms with van der Waals surface area (Å²) in [7, 11) is 1.80. The van der Waals surface area contributed by atoms with Crippen molar-refractivity contribution in [2.75, 3.05) is 33.4 Å². The van der Waals surface area contributed by atoms with Crippen LogP contribution in [-0.4, -0.2) is 49.8 Å². The molecule has 0 spiro atoms. The van der Waals surface area contributed by atoms with Gasteiger partial charge >= 0.3 is 0 Å². The van der Waals surface area contributed by atoms with Crippen molar-refractivity contribution in [3.05, 3.63) is 0 Å². The molecule has 108 valence electrons. The molecule has 1 rings (SSSR count). The largest absolute Gasteiger partial charge is 0.383 e. The average Bonchev–Trinajstić information content (AvgIpc) is 2.63. The molecule has 0 aromatic heterocycles. The molecule has 3 heteroatoms. The minimum absolute atomic E-state index is 0.176. The van der Waals surface area contributed by atoms with Gasteiger partial charge in [-0.05, 0) is 52.7 Å². The summed E-state index contributed by atoms with van der Waals surface area (Å²) in [6.07, 6.45) is 6.65. The predicted molar refractivity (Wildman–Crippen MR) is 78.1 cm³/mol. The lowest BCUT2D eigenvalue weighted by molar-refractivity contribution is 0.0422. The van der Waals surface area contributed by atoms with Crippen LogP contribution < -0.4 is 5.32 Å². The molecule has 18 heavy (non-hydrogen) atoms. The molecule has 3 nitrogen and oxygen atoms in total. The molecule has 0 radical (unpaired) electrons. The first-order valence-electron chi connectivity index (χ1n) is 7.60. The van der Waals surface area contributed by atoms with E-state index in [1.165, 1.54) is 45.2 Å². The smallest absolute Gasteiger partial charge is 0.0633 e. The number of nitrogens with zero attached hydrogens (tertiary/aromatic N) is 1. The number of methoxy groups -OCH3 is 1. The molecular weight excluding hydrogens is 224 g/mol. The van der Waals surface area contributed by atoms with E-state index in [-0.39, 0.29) is 5.54 Å². The van der Waals surface area contributed by atoms with E-state index < -0.39 is 0 Å². The van der Waals surface area contributed by atoms with Gasteiger partial charge in [-0.3, -0.25) is 4.90 Å². The maximum atomic E-state index is 5.42. The van der Waals surface area contributed by atoms with Gasteiger partial charge in [0.25, 0.3) is 0 Å². The second-order valence-corrected chi connectivity index (χ2v) is 6.02. The number of ether oxygens (including phenoxy) is 1. The van der Waals surface area contributed by atoms with Gasteiger partial charge in [0.2, 0.25) is 0 Å². The first kappa shape index (κ1) is 15.9. The Labute approximate surface area is 113 Å². The second kappa shape index (κ2) is 8.13. The molecule has 1 saturated heterocycles. The van der Waals surface area contributed by atoms with Crippen molar-refractivity contribution in [3.8, 4) is 0 Å². The lowest BCUT2D eigenvalue weighted by atomic mass is 9.92. The van der Waals surface area contributed by atoms with Gasteiger partial charge in [0, 0.05) is 18.7 Å². The molecule has 1 atom stereocenters. The molecule has 0 aliphatic carbocycles. The number of nitrogens with one attached hydrogen (secondary N) is 1. The summed E-state index contributed by atoms with van der Waals surface area (Å²) >= 11 is 0. The maximum absolute atomic E-state index is 5.42. The molecule has 0 aromatic rings. The predicted octanol–water partition coefficient (Wildman–Crippen LogP) is 2.66. The van der Waals surface area contributed by atoms with E-state index in [2.05, 4.69) is 31.0 Å². The van der Waals surface area contributed by atoms with E-state index in [0.29, 0.717) is 6.04 Å². The first-order valence-corrected chi connectivity index (χ1v) is 7.60. The van der Waals surface area contributed by atoms with Crippen molar-refractivity contribution < 1.29 is 4.74 Å². The minimum Gasteiger partial charge on any atom is -0.383 e. The van der Waals surface area contributed by atoms with Crippen molar-refractivity contribution in [3.63, 3.8) is 0 Å². The Morgan fingerprint density at radius 2 is 1.78 bits per heavy atom. The summed E-state index contributed by atoms with van der Waals surface area (Å²) in [5.74, 6) is 0. The second-order valence-electron chi connectivity index (χ2n) is 6.02. The Morgan fingerprint density at radius 3 is 2.28 bits per heavy atom. The van der Waals surface area contributed by atoms with E-state index in [1.807, 2.05) is 0 Å². The molecule has 0 amide bonds. The van der Waals surface area contributed by atoms with Gasteiger partial charge < -0.3 is 10.1 Å². The zero-order valence-corrected chi connectivity index (χ0v) is 12.8. The number of likely N-dealkylation sites (tertiary alicyclic amines) is 1. The van der Waals surface area contributed by atoms with Crippen molar-refractivity contribution in [2.24, 2.45) is 0 Å². The summed E-state index contributed by atoms with van der Waals surface area (Å²) in [6.45, 7) is 11.3. The molecular formula is C15H32N2O. The molecule has 1 aliphatic rings.